The minimum absolute atomic E-state index is 0.222. The van der Waals surface area contributed by atoms with Gasteiger partial charge in [0.2, 0.25) is 5.91 Å². The van der Waals surface area contributed by atoms with Gasteiger partial charge in [0.05, 0.1) is 19.0 Å². The number of thioether (sulfide) groups is 1. The summed E-state index contributed by atoms with van der Waals surface area (Å²) in [5.41, 5.74) is 3.56. The van der Waals surface area contributed by atoms with Crippen molar-refractivity contribution in [1.29, 1.82) is 0 Å². The second-order valence-electron chi connectivity index (χ2n) is 8.45. The van der Waals surface area contributed by atoms with Gasteiger partial charge in [-0.2, -0.15) is 0 Å². The van der Waals surface area contributed by atoms with Gasteiger partial charge in [0.25, 0.3) is 0 Å². The van der Waals surface area contributed by atoms with Crippen LogP contribution in [0.3, 0.4) is 0 Å². The molecule has 0 aliphatic carbocycles. The molecule has 1 amide bonds. The summed E-state index contributed by atoms with van der Waals surface area (Å²) in [5.74, 6) is 1.36. The molecule has 3 heterocycles. The summed E-state index contributed by atoms with van der Waals surface area (Å²) in [6, 6.07) is 6.47. The van der Waals surface area contributed by atoms with Gasteiger partial charge in [-0.1, -0.05) is 17.8 Å². The van der Waals surface area contributed by atoms with Gasteiger partial charge in [0.1, 0.15) is 0 Å². The second kappa shape index (κ2) is 9.98. The smallest absolute Gasteiger partial charge is 0.233 e. The fourth-order valence-electron chi connectivity index (χ4n) is 4.41. The number of benzene rings is 1. The second-order valence-corrected chi connectivity index (χ2v) is 9.39. The highest BCUT2D eigenvalue weighted by Gasteiger charge is 2.25. The van der Waals surface area contributed by atoms with Crippen molar-refractivity contribution in [2.45, 2.75) is 31.8 Å². The van der Waals surface area contributed by atoms with Crippen LogP contribution in [0.2, 0.25) is 0 Å². The Kier molecular flexibility index (Phi) is 7.12. The average molecular weight is 429 g/mol. The first-order valence-electron chi connectivity index (χ1n) is 10.9. The van der Waals surface area contributed by atoms with Crippen LogP contribution in [0.1, 0.15) is 24.0 Å². The van der Waals surface area contributed by atoms with Crippen LogP contribution in [0.25, 0.3) is 5.69 Å². The summed E-state index contributed by atoms with van der Waals surface area (Å²) < 4.78 is 7.52. The van der Waals surface area contributed by atoms with E-state index in [1.54, 1.807) is 0 Å². The molecule has 2 aromatic rings. The Balaban J connectivity index is 1.27. The van der Waals surface area contributed by atoms with E-state index in [9.17, 15) is 4.79 Å². The normalized spacial score (nSPS) is 18.7. The van der Waals surface area contributed by atoms with Crippen LogP contribution in [0.4, 0.5) is 0 Å². The molecular formula is C23H32N4O2S. The molecule has 0 bridgehead atoms. The van der Waals surface area contributed by atoms with Crippen molar-refractivity contribution in [2.75, 3.05) is 51.7 Å². The number of amides is 1. The molecule has 0 atom stereocenters. The first kappa shape index (κ1) is 21.4. The number of carbonyl (C=O) groups is 1. The molecule has 2 fully saturated rings. The molecule has 4 rings (SSSR count). The predicted octanol–water partition coefficient (Wildman–Crippen LogP) is 3.15. The number of imidazole rings is 1. The van der Waals surface area contributed by atoms with Crippen molar-refractivity contribution >= 4 is 17.7 Å². The Morgan fingerprint density at radius 1 is 1.10 bits per heavy atom. The number of aromatic nitrogens is 2. The number of morpholine rings is 1. The summed E-state index contributed by atoms with van der Waals surface area (Å²) in [6.45, 7) is 10.9. The van der Waals surface area contributed by atoms with Gasteiger partial charge < -0.3 is 9.64 Å². The first-order chi connectivity index (χ1) is 14.6. The zero-order valence-corrected chi connectivity index (χ0v) is 18.9. The van der Waals surface area contributed by atoms with E-state index in [0.717, 1.165) is 69.6 Å². The maximum absolute atomic E-state index is 12.8. The van der Waals surface area contributed by atoms with Crippen LogP contribution < -0.4 is 0 Å². The first-order valence-corrected chi connectivity index (χ1v) is 11.9. The summed E-state index contributed by atoms with van der Waals surface area (Å²) >= 11 is 1.53. The van der Waals surface area contributed by atoms with E-state index in [0.29, 0.717) is 11.7 Å². The van der Waals surface area contributed by atoms with E-state index < -0.39 is 0 Å². The van der Waals surface area contributed by atoms with Crippen LogP contribution in [0, 0.1) is 19.8 Å². The van der Waals surface area contributed by atoms with Crippen molar-refractivity contribution in [3.8, 4) is 5.69 Å². The number of hydrogen-bond acceptors (Lipinski definition) is 5. The van der Waals surface area contributed by atoms with E-state index in [-0.39, 0.29) is 5.91 Å². The molecule has 0 spiro atoms. The van der Waals surface area contributed by atoms with Gasteiger partial charge in [-0.15, -0.1) is 0 Å². The van der Waals surface area contributed by atoms with Gasteiger partial charge in [-0.25, -0.2) is 4.98 Å². The maximum atomic E-state index is 12.8. The standard InChI is InChI=1S/C23H32N4O2S/c1-18-13-19(2)15-21(14-18)27-8-5-24-23(27)30-17-22(28)26-6-3-20(4-7-26)16-25-9-11-29-12-10-25/h5,8,13-15,20H,3-4,6-7,9-12,16-17H2,1-2H3. The van der Waals surface area contributed by atoms with Crippen molar-refractivity contribution in [2.24, 2.45) is 5.92 Å². The number of hydrogen-bond donors (Lipinski definition) is 0. The van der Waals surface area contributed by atoms with E-state index in [4.69, 9.17) is 4.74 Å². The Morgan fingerprint density at radius 3 is 2.50 bits per heavy atom. The molecule has 2 aliphatic heterocycles. The lowest BCUT2D eigenvalue weighted by atomic mass is 9.96. The van der Waals surface area contributed by atoms with E-state index >= 15 is 0 Å². The molecule has 162 valence electrons. The molecule has 30 heavy (non-hydrogen) atoms. The molecule has 7 heteroatoms. The largest absolute Gasteiger partial charge is 0.379 e. The number of carbonyl (C=O) groups excluding carboxylic acids is 1. The van der Waals surface area contributed by atoms with Crippen molar-refractivity contribution < 1.29 is 9.53 Å². The van der Waals surface area contributed by atoms with Crippen LogP contribution in [-0.2, 0) is 9.53 Å². The number of aryl methyl sites for hydroxylation is 2. The third kappa shape index (κ3) is 5.45. The molecular weight excluding hydrogens is 396 g/mol. The lowest BCUT2D eigenvalue weighted by molar-refractivity contribution is -0.129. The summed E-state index contributed by atoms with van der Waals surface area (Å²) in [5, 5.41) is 0.871. The summed E-state index contributed by atoms with van der Waals surface area (Å²) in [6.07, 6.45) is 5.98. The lowest BCUT2D eigenvalue weighted by Gasteiger charge is -2.36. The Hall–Kier alpha value is -1.83. The predicted molar refractivity (Wildman–Crippen MR) is 120 cm³/mol. The van der Waals surface area contributed by atoms with E-state index in [1.165, 1.54) is 22.9 Å². The molecule has 0 N–H and O–H groups in total. The maximum Gasteiger partial charge on any atom is 0.233 e. The summed E-state index contributed by atoms with van der Waals surface area (Å²) in [4.78, 5) is 21.8. The zero-order valence-electron chi connectivity index (χ0n) is 18.0. The Morgan fingerprint density at radius 2 is 1.80 bits per heavy atom. The monoisotopic (exact) mass is 428 g/mol. The minimum Gasteiger partial charge on any atom is -0.379 e. The average Bonchev–Trinajstić information content (AvgIpc) is 3.21. The van der Waals surface area contributed by atoms with Crippen LogP contribution in [0.15, 0.2) is 35.7 Å². The third-order valence-electron chi connectivity index (χ3n) is 6.00. The molecule has 0 unspecified atom stereocenters. The van der Waals surface area contributed by atoms with Crippen LogP contribution >= 0.6 is 11.8 Å². The third-order valence-corrected chi connectivity index (χ3v) is 6.96. The number of nitrogens with zero attached hydrogens (tertiary/aromatic N) is 4. The van der Waals surface area contributed by atoms with Gasteiger partial charge >= 0.3 is 0 Å². The highest BCUT2D eigenvalue weighted by atomic mass is 32.2. The lowest BCUT2D eigenvalue weighted by Crippen LogP contribution is -2.44. The zero-order chi connectivity index (χ0) is 20.9. The molecule has 1 aromatic carbocycles. The minimum atomic E-state index is 0.222. The fraction of sp³-hybridized carbons (Fsp3) is 0.565. The molecule has 0 radical (unpaired) electrons. The number of rotatable bonds is 6. The van der Waals surface area contributed by atoms with Crippen LogP contribution in [-0.4, -0.2) is 76.9 Å². The molecule has 2 saturated heterocycles. The van der Waals surface area contributed by atoms with Gasteiger partial charge in [0, 0.05) is 50.8 Å². The fourth-order valence-corrected chi connectivity index (χ4v) is 5.29. The van der Waals surface area contributed by atoms with Crippen molar-refractivity contribution in [3.63, 3.8) is 0 Å². The quantitative estimate of drug-likeness (QED) is 0.662. The Bertz CT molecular complexity index is 834. The van der Waals surface area contributed by atoms with Gasteiger partial charge in [0.15, 0.2) is 5.16 Å². The SMILES string of the molecule is Cc1cc(C)cc(-n2ccnc2SCC(=O)N2CCC(CN3CCOCC3)CC2)c1. The van der Waals surface area contributed by atoms with Gasteiger partial charge in [-0.3, -0.25) is 14.3 Å². The molecule has 6 nitrogen and oxygen atoms in total. The van der Waals surface area contributed by atoms with Gasteiger partial charge in [-0.05, 0) is 55.9 Å². The van der Waals surface area contributed by atoms with E-state index in [1.807, 2.05) is 17.3 Å². The number of likely N-dealkylation sites (tertiary alicyclic amines) is 1. The van der Waals surface area contributed by atoms with Crippen molar-refractivity contribution in [1.82, 2.24) is 19.4 Å². The highest BCUT2D eigenvalue weighted by molar-refractivity contribution is 7.99. The van der Waals surface area contributed by atoms with Crippen molar-refractivity contribution in [3.05, 3.63) is 41.7 Å². The Labute approximate surface area is 183 Å². The molecule has 0 saturated carbocycles. The summed E-state index contributed by atoms with van der Waals surface area (Å²) in [7, 11) is 0. The molecule has 2 aliphatic rings. The number of ether oxygens (including phenoxy) is 1. The highest BCUT2D eigenvalue weighted by Crippen LogP contribution is 2.24. The topological polar surface area (TPSA) is 50.6 Å². The van der Waals surface area contributed by atoms with Crippen LogP contribution in [0.5, 0.6) is 0 Å². The van der Waals surface area contributed by atoms with E-state index in [2.05, 4.69) is 46.5 Å². The molecule has 1 aromatic heterocycles. The number of piperidine rings is 1.